The fraction of sp³-hybridized carbons (Fsp3) is 0.00990. The molecule has 24 rings (SSSR count). The second-order valence-electron chi connectivity index (χ2n) is 28.5. The van der Waals surface area contributed by atoms with E-state index in [9.17, 15) is 0 Å². The Kier molecular flexibility index (Phi) is 14.6. The maximum Gasteiger partial charge on any atom is 0.0803 e. The van der Waals surface area contributed by atoms with Crippen molar-refractivity contribution < 1.29 is 0 Å². The Labute approximate surface area is 643 Å². The Morgan fingerprint density at radius 3 is 0.954 bits per heavy atom. The number of fused-ring (bicyclic) bond motifs is 25. The third kappa shape index (κ3) is 9.85. The maximum atomic E-state index is 3.68. The molecule has 0 saturated heterocycles. The highest BCUT2D eigenvalue weighted by Gasteiger charge is 2.28. The van der Waals surface area contributed by atoms with E-state index in [1.807, 2.05) is 0 Å². The topological polar surface area (TPSA) is 29.6 Å². The van der Waals surface area contributed by atoms with Gasteiger partial charge in [-0.05, 0) is 207 Å². The fourth-order valence-electron chi connectivity index (χ4n) is 18.1. The van der Waals surface area contributed by atoms with Gasteiger partial charge in [0.2, 0.25) is 0 Å². The van der Waals surface area contributed by atoms with Crippen LogP contribution in [0.3, 0.4) is 0 Å². The molecule has 0 bridgehead atoms. The molecule has 0 fully saturated rings. The number of para-hydroxylation sites is 6. The van der Waals surface area contributed by atoms with Gasteiger partial charge in [0.25, 0.3) is 0 Å². The number of halogens is 2. The summed E-state index contributed by atoms with van der Waals surface area (Å²) in [4.78, 5) is 0. The number of nitrogens with zero attached hydrogens (tertiary/aromatic N) is 6. The Morgan fingerprint density at radius 1 is 0.193 bits per heavy atom. The normalized spacial score (nSPS) is 12.1. The molecule has 8 heteroatoms. The average Bonchev–Trinajstić information content (AvgIpc) is 1.53. The molecular formula is C101H64Br2N6. The zero-order chi connectivity index (χ0) is 72.0. The van der Waals surface area contributed by atoms with Gasteiger partial charge in [0.05, 0.1) is 66.2 Å². The highest BCUT2D eigenvalue weighted by molar-refractivity contribution is 9.10. The van der Waals surface area contributed by atoms with Gasteiger partial charge < -0.3 is 27.4 Å². The third-order valence-corrected chi connectivity index (χ3v) is 23.6. The summed E-state index contributed by atoms with van der Waals surface area (Å²) in [5.41, 5.74) is 27.0. The molecule has 6 aromatic heterocycles. The SMILES string of the molecule is Brc1ccc2c(c1)n(-c1ccccc1)c1c3ccc(Br)cc3n(-c3ccccc3)c21.c1ccc(-n2c3cc(-n4c5ccccc5c5c6ccccc6ccc54)ccc3c3c2c2ccc(-n4c5ccccc5c5c6ccccc6ccc54)cc2n3-c2ccccc2)cc1.c1ccc2c(c1)Cc1ccc3ccccc3c1-2. The van der Waals surface area contributed by atoms with Gasteiger partial charge >= 0.3 is 0 Å². The average molecular weight is 1520 g/mol. The Bertz CT molecular complexity index is 7250. The first-order chi connectivity index (χ1) is 54.0. The number of benzene rings is 17. The lowest BCUT2D eigenvalue weighted by Crippen LogP contribution is -1.98. The van der Waals surface area contributed by atoms with Crippen LogP contribution in [0.5, 0.6) is 0 Å². The van der Waals surface area contributed by atoms with Crippen LogP contribution in [-0.4, -0.2) is 27.4 Å². The van der Waals surface area contributed by atoms with Crippen LogP contribution in [0.2, 0.25) is 0 Å². The van der Waals surface area contributed by atoms with Crippen LogP contribution in [0, 0.1) is 0 Å². The van der Waals surface area contributed by atoms with Crippen LogP contribution in [0.1, 0.15) is 11.1 Å². The zero-order valence-electron chi connectivity index (χ0n) is 58.9. The molecular weight excluding hydrogens is 1460 g/mol. The predicted octanol–water partition coefficient (Wildman–Crippen LogP) is 27.9. The van der Waals surface area contributed by atoms with Crippen molar-refractivity contribution in [1.82, 2.24) is 27.4 Å². The molecule has 512 valence electrons. The summed E-state index contributed by atoms with van der Waals surface area (Å²) >= 11 is 7.36. The van der Waals surface area contributed by atoms with Crippen LogP contribution in [0.25, 0.3) is 187 Å². The van der Waals surface area contributed by atoms with E-state index in [4.69, 9.17) is 0 Å². The van der Waals surface area contributed by atoms with Crippen LogP contribution in [0.15, 0.2) is 385 Å². The summed E-state index contributed by atoms with van der Waals surface area (Å²) in [5.74, 6) is 0. The summed E-state index contributed by atoms with van der Waals surface area (Å²) in [6, 6.07) is 136. The van der Waals surface area contributed by atoms with Gasteiger partial charge in [0.15, 0.2) is 0 Å². The van der Waals surface area contributed by atoms with E-state index < -0.39 is 0 Å². The fourth-order valence-corrected chi connectivity index (χ4v) is 18.8. The van der Waals surface area contributed by atoms with Gasteiger partial charge in [-0.1, -0.05) is 262 Å². The molecule has 1 aliphatic rings. The number of hydrogen-bond acceptors (Lipinski definition) is 0. The molecule has 6 nitrogen and oxygen atoms in total. The van der Waals surface area contributed by atoms with Crippen LogP contribution < -0.4 is 0 Å². The van der Waals surface area contributed by atoms with Gasteiger partial charge in [-0.25, -0.2) is 0 Å². The molecule has 0 unspecified atom stereocenters. The van der Waals surface area contributed by atoms with Crippen LogP contribution >= 0.6 is 31.9 Å². The summed E-state index contributed by atoms with van der Waals surface area (Å²) in [6.07, 6.45) is 1.08. The molecule has 0 aliphatic heterocycles. The molecule has 0 atom stereocenters. The van der Waals surface area contributed by atoms with Crippen LogP contribution in [-0.2, 0) is 6.42 Å². The van der Waals surface area contributed by atoms with Gasteiger partial charge in [0.1, 0.15) is 0 Å². The first kappa shape index (κ1) is 63.1. The van der Waals surface area contributed by atoms with Gasteiger partial charge in [-0.2, -0.15) is 0 Å². The molecule has 0 N–H and O–H groups in total. The molecule has 0 spiro atoms. The Morgan fingerprint density at radius 2 is 0.523 bits per heavy atom. The molecule has 1 aliphatic carbocycles. The standard InChI is InChI=1S/C58H36N4.C26H16Br2N2.C17H12/c1-3-17-39(18-4-1)61-53-35-41(59-49-25-13-11-23-45(49)55-43-21-9-7-15-37(43)27-33-51(55)59)29-31-47(53)58-57(61)48-32-30-42(36-54(48)62(58)40-19-5-2-6-20-40)60-50-26-14-12-24-46(50)56-44-22-10-8-16-38(44)28-34-52(56)60;27-17-11-13-21-23(15-17)29(19-7-3-1-4-8-19)25-22-14-12-18(28)16-24(22)30(26(21)25)20-9-5-2-6-10-20;1-3-7-15-12(5-1)9-10-14-11-13-6-2-4-8-16(13)17(14)15/h1-36H;1-16H;1-10H,11H2. The summed E-state index contributed by atoms with van der Waals surface area (Å²) in [6.45, 7) is 0. The minimum absolute atomic E-state index is 1.07. The number of rotatable bonds is 6. The lowest BCUT2D eigenvalue weighted by Gasteiger charge is -2.13. The van der Waals surface area contributed by atoms with E-state index in [-0.39, 0.29) is 0 Å². The van der Waals surface area contributed by atoms with Crippen molar-refractivity contribution in [3.05, 3.63) is 396 Å². The molecule has 109 heavy (non-hydrogen) atoms. The molecule has 0 saturated carbocycles. The van der Waals surface area contributed by atoms with E-state index in [1.165, 1.54) is 153 Å². The summed E-state index contributed by atoms with van der Waals surface area (Å²) in [5, 5.41) is 17.7. The first-order valence-electron chi connectivity index (χ1n) is 37.2. The van der Waals surface area contributed by atoms with Crippen molar-refractivity contribution in [3.8, 4) is 45.3 Å². The Balaban J connectivity index is 0.000000128. The van der Waals surface area contributed by atoms with Gasteiger partial charge in [0, 0.05) is 86.2 Å². The van der Waals surface area contributed by atoms with Crippen molar-refractivity contribution in [2.24, 2.45) is 0 Å². The molecule has 0 radical (unpaired) electrons. The minimum Gasteiger partial charge on any atom is -0.309 e. The summed E-state index contributed by atoms with van der Waals surface area (Å²) < 4.78 is 16.8. The van der Waals surface area contributed by atoms with Crippen LogP contribution in [0.4, 0.5) is 0 Å². The summed E-state index contributed by atoms with van der Waals surface area (Å²) in [7, 11) is 0. The molecule has 6 heterocycles. The molecule has 23 aromatic rings. The number of hydrogen-bond donors (Lipinski definition) is 0. The first-order valence-corrected chi connectivity index (χ1v) is 38.7. The quantitative estimate of drug-likeness (QED) is 0.159. The predicted molar refractivity (Wildman–Crippen MR) is 467 cm³/mol. The maximum absolute atomic E-state index is 3.68. The van der Waals surface area contributed by atoms with Crippen molar-refractivity contribution >= 4 is 173 Å². The molecule has 17 aromatic carbocycles. The smallest absolute Gasteiger partial charge is 0.0803 e. The minimum atomic E-state index is 1.07. The van der Waals surface area contributed by atoms with E-state index >= 15 is 0 Å². The van der Waals surface area contributed by atoms with Crippen molar-refractivity contribution in [1.29, 1.82) is 0 Å². The van der Waals surface area contributed by atoms with E-state index in [2.05, 4.69) is 435 Å². The zero-order valence-corrected chi connectivity index (χ0v) is 62.1. The number of aromatic nitrogens is 6. The lowest BCUT2D eigenvalue weighted by molar-refractivity contribution is 1.16. The van der Waals surface area contributed by atoms with Gasteiger partial charge in [-0.3, -0.25) is 0 Å². The van der Waals surface area contributed by atoms with Crippen molar-refractivity contribution in [2.75, 3.05) is 0 Å². The third-order valence-electron chi connectivity index (χ3n) is 22.6. The second kappa shape index (κ2) is 25.2. The second-order valence-corrected chi connectivity index (χ2v) is 30.4. The Hall–Kier alpha value is -13.2. The van der Waals surface area contributed by atoms with E-state index in [1.54, 1.807) is 0 Å². The van der Waals surface area contributed by atoms with Crippen molar-refractivity contribution in [3.63, 3.8) is 0 Å². The monoisotopic (exact) mass is 1520 g/mol. The van der Waals surface area contributed by atoms with Gasteiger partial charge in [-0.15, -0.1) is 0 Å². The highest BCUT2D eigenvalue weighted by atomic mass is 79.9. The van der Waals surface area contributed by atoms with Crippen molar-refractivity contribution in [2.45, 2.75) is 6.42 Å². The lowest BCUT2D eigenvalue weighted by atomic mass is 9.98. The highest BCUT2D eigenvalue weighted by Crippen LogP contribution is 2.48. The van der Waals surface area contributed by atoms with E-state index in [0.717, 1.165) is 60.5 Å². The largest absolute Gasteiger partial charge is 0.309 e. The van der Waals surface area contributed by atoms with E-state index in [0.29, 0.717) is 0 Å². The molecule has 0 amide bonds.